The predicted octanol–water partition coefficient (Wildman–Crippen LogP) is 3.94. The highest BCUT2D eigenvalue weighted by Crippen LogP contribution is 2.20. The number of nitrogens with zero attached hydrogens (tertiary/aromatic N) is 2. The number of hydrogen-bond acceptors (Lipinski definition) is 4. The highest BCUT2D eigenvalue weighted by Gasteiger charge is 2.26. The van der Waals surface area contributed by atoms with Crippen LogP contribution in [-0.4, -0.2) is 43.4 Å². The zero-order chi connectivity index (χ0) is 25.4. The van der Waals surface area contributed by atoms with E-state index in [-0.39, 0.29) is 12.3 Å². The molecule has 0 aliphatic rings. The summed E-state index contributed by atoms with van der Waals surface area (Å²) in [5.41, 5.74) is 2.07. The van der Waals surface area contributed by atoms with E-state index in [1.54, 1.807) is 69.7 Å². The Balaban J connectivity index is 1.73. The van der Waals surface area contributed by atoms with E-state index in [9.17, 15) is 13.8 Å². The van der Waals surface area contributed by atoms with Gasteiger partial charge in [-0.15, -0.1) is 0 Å². The summed E-state index contributed by atoms with van der Waals surface area (Å²) in [4.78, 5) is 27.6. The van der Waals surface area contributed by atoms with E-state index >= 15 is 0 Å². The fourth-order valence-electron chi connectivity index (χ4n) is 3.32. The lowest BCUT2D eigenvalue weighted by Gasteiger charge is -2.25. The molecule has 184 valence electrons. The monoisotopic (exact) mass is 514 g/mol. The second-order valence-corrected chi connectivity index (χ2v) is 9.33. The zero-order valence-electron chi connectivity index (χ0n) is 19.6. The van der Waals surface area contributed by atoms with Crippen molar-refractivity contribution in [2.45, 2.75) is 12.5 Å². The molecule has 0 spiro atoms. The van der Waals surface area contributed by atoms with Crippen LogP contribution in [-0.2, 0) is 22.4 Å². The Kier molecular flexibility index (Phi) is 9.11. The summed E-state index contributed by atoms with van der Waals surface area (Å²) in [6.45, 7) is 0. The normalized spacial score (nSPS) is 12.2. The first-order valence-corrected chi connectivity index (χ1v) is 12.2. The van der Waals surface area contributed by atoms with E-state index in [1.807, 2.05) is 30.3 Å². The van der Waals surface area contributed by atoms with Crippen molar-refractivity contribution in [1.29, 1.82) is 0 Å². The minimum absolute atomic E-state index is 0.254. The molecular weight excluding hydrogens is 488 g/mol. The Bertz CT molecular complexity index is 1180. The van der Waals surface area contributed by atoms with Crippen LogP contribution in [0.1, 0.15) is 5.56 Å². The van der Waals surface area contributed by atoms with Gasteiger partial charge in [0.15, 0.2) is 0 Å². The van der Waals surface area contributed by atoms with Gasteiger partial charge in [0.05, 0.1) is 12.8 Å². The molecule has 0 aromatic heterocycles. The van der Waals surface area contributed by atoms with Crippen LogP contribution in [0.2, 0.25) is 5.02 Å². The third-order valence-electron chi connectivity index (χ3n) is 5.28. The molecule has 10 heteroatoms. The van der Waals surface area contributed by atoms with Gasteiger partial charge in [0.2, 0.25) is 17.1 Å². The number of carbonyl (C=O) groups is 2. The molecule has 0 aliphatic carbocycles. The first kappa shape index (κ1) is 26.1. The molecule has 35 heavy (non-hydrogen) atoms. The van der Waals surface area contributed by atoms with Crippen LogP contribution in [0.3, 0.4) is 0 Å². The van der Waals surface area contributed by atoms with Gasteiger partial charge in [0.25, 0.3) is 0 Å². The van der Waals surface area contributed by atoms with Gasteiger partial charge in [-0.1, -0.05) is 48.0 Å². The Morgan fingerprint density at radius 3 is 2.29 bits per heavy atom. The number of ether oxygens (including phenoxy) is 1. The third-order valence-corrected chi connectivity index (χ3v) is 6.58. The van der Waals surface area contributed by atoms with Gasteiger partial charge >= 0.3 is 6.03 Å². The predicted molar refractivity (Wildman–Crippen MR) is 140 cm³/mol. The summed E-state index contributed by atoms with van der Waals surface area (Å²) < 4.78 is 21.6. The number of nitrogens with one attached hydrogen (secondary N) is 2. The summed E-state index contributed by atoms with van der Waals surface area (Å²) in [5, 5.41) is 3.15. The maximum atomic E-state index is 13.4. The number of likely N-dealkylation sites (N-methyl/N-ethyl adjacent to an activating group) is 1. The molecule has 2 N–H and O–H groups in total. The molecule has 0 fully saturated rings. The van der Waals surface area contributed by atoms with Crippen molar-refractivity contribution >= 4 is 46.1 Å². The highest BCUT2D eigenvalue weighted by molar-refractivity contribution is 7.85. The quantitative estimate of drug-likeness (QED) is 0.452. The maximum absolute atomic E-state index is 13.4. The van der Waals surface area contributed by atoms with Gasteiger partial charge in [-0.3, -0.25) is 9.10 Å². The number of rotatable bonds is 9. The fourth-order valence-corrected chi connectivity index (χ4v) is 4.16. The average Bonchev–Trinajstić information content (AvgIpc) is 2.87. The van der Waals surface area contributed by atoms with E-state index in [0.29, 0.717) is 22.1 Å². The van der Waals surface area contributed by atoms with Crippen molar-refractivity contribution in [3.05, 3.63) is 89.4 Å². The van der Waals surface area contributed by atoms with Gasteiger partial charge in [0.1, 0.15) is 11.8 Å². The molecule has 3 aromatic rings. The van der Waals surface area contributed by atoms with Crippen LogP contribution in [0.25, 0.3) is 0 Å². The van der Waals surface area contributed by atoms with Gasteiger partial charge in [0, 0.05) is 31.2 Å². The summed E-state index contributed by atoms with van der Waals surface area (Å²) >= 11 is 4.10. The van der Waals surface area contributed by atoms with Gasteiger partial charge in [-0.2, -0.15) is 0 Å². The van der Waals surface area contributed by atoms with Crippen molar-refractivity contribution in [2.75, 3.05) is 30.4 Å². The minimum Gasteiger partial charge on any atom is -0.497 e. The van der Waals surface area contributed by atoms with Gasteiger partial charge < -0.3 is 15.0 Å². The number of anilines is 2. The van der Waals surface area contributed by atoms with Crippen LogP contribution >= 0.6 is 11.6 Å². The molecule has 0 saturated heterocycles. The lowest BCUT2D eigenvalue weighted by molar-refractivity contribution is -0.120. The number of amides is 3. The Morgan fingerprint density at radius 1 is 0.971 bits per heavy atom. The number of halogens is 1. The molecule has 8 nitrogen and oxygen atoms in total. The number of benzene rings is 3. The molecule has 3 aromatic carbocycles. The zero-order valence-corrected chi connectivity index (χ0v) is 21.2. The van der Waals surface area contributed by atoms with E-state index in [4.69, 9.17) is 16.3 Å². The number of carbonyl (C=O) groups excluding carboxylic acids is 2. The molecule has 3 rings (SSSR count). The molecule has 0 saturated carbocycles. The molecule has 0 radical (unpaired) electrons. The van der Waals surface area contributed by atoms with Crippen LogP contribution < -0.4 is 24.0 Å². The van der Waals surface area contributed by atoms with Crippen LogP contribution in [0.4, 0.5) is 16.2 Å². The SMILES string of the molecule is COc1ccc(N(C)C(=O)[C@H](Cc2ccccc2)NC(=O)NS(=O)N(C)c2cccc(Cl)c2)cc1. The topological polar surface area (TPSA) is 91.0 Å². The first-order valence-electron chi connectivity index (χ1n) is 10.7. The van der Waals surface area contributed by atoms with Gasteiger partial charge in [-0.25, -0.2) is 13.7 Å². The molecule has 0 heterocycles. The van der Waals surface area contributed by atoms with Crippen molar-refractivity contribution in [3.63, 3.8) is 0 Å². The summed E-state index contributed by atoms with van der Waals surface area (Å²) in [6.07, 6.45) is 0.254. The second kappa shape index (κ2) is 12.2. The number of urea groups is 1. The Morgan fingerprint density at radius 2 is 1.66 bits per heavy atom. The molecule has 1 unspecified atom stereocenters. The van der Waals surface area contributed by atoms with Crippen LogP contribution in [0, 0.1) is 0 Å². The molecule has 0 aliphatic heterocycles. The maximum Gasteiger partial charge on any atom is 0.328 e. The molecule has 3 amide bonds. The van der Waals surface area contributed by atoms with E-state index < -0.39 is 23.2 Å². The smallest absolute Gasteiger partial charge is 0.328 e. The summed E-state index contributed by atoms with van der Waals surface area (Å²) in [7, 11) is 4.76. The molecular formula is C25H27ClN4O4S. The van der Waals surface area contributed by atoms with Crippen molar-refractivity contribution in [1.82, 2.24) is 10.0 Å². The Labute approximate surface area is 212 Å². The first-order chi connectivity index (χ1) is 16.8. The third kappa shape index (κ3) is 7.21. The molecule has 2 atom stereocenters. The minimum atomic E-state index is -1.91. The largest absolute Gasteiger partial charge is 0.497 e. The summed E-state index contributed by atoms with van der Waals surface area (Å²) in [6, 6.07) is 21.5. The highest BCUT2D eigenvalue weighted by atomic mass is 35.5. The average molecular weight is 515 g/mol. The number of hydrogen-bond donors (Lipinski definition) is 2. The lowest BCUT2D eigenvalue weighted by atomic mass is 10.0. The fraction of sp³-hybridized carbons (Fsp3) is 0.200. The second-order valence-electron chi connectivity index (χ2n) is 7.64. The Hall–Kier alpha value is -3.56. The standard InChI is InChI=1S/C25H27ClN4O4S/c1-29(20-12-14-22(34-3)15-13-20)24(31)23(16-18-8-5-4-6-9-18)27-25(32)28-35(33)30(2)21-11-7-10-19(26)17-21/h4-15,17,23H,16H2,1-3H3,(H2,27,28,32)/t23-,35?/m0/s1. The van der Waals surface area contributed by atoms with Crippen molar-refractivity contribution in [3.8, 4) is 5.75 Å². The number of methoxy groups -OCH3 is 1. The van der Waals surface area contributed by atoms with Crippen molar-refractivity contribution in [2.24, 2.45) is 0 Å². The van der Waals surface area contributed by atoms with E-state index in [1.165, 1.54) is 9.21 Å². The lowest BCUT2D eigenvalue weighted by Crippen LogP contribution is -2.53. The van der Waals surface area contributed by atoms with Crippen molar-refractivity contribution < 1.29 is 18.5 Å². The van der Waals surface area contributed by atoms with Crippen LogP contribution in [0.5, 0.6) is 5.75 Å². The van der Waals surface area contributed by atoms with E-state index in [0.717, 1.165) is 5.56 Å². The summed E-state index contributed by atoms with van der Waals surface area (Å²) in [5.74, 6) is 0.336. The van der Waals surface area contributed by atoms with Gasteiger partial charge in [-0.05, 0) is 48.0 Å². The van der Waals surface area contributed by atoms with Crippen LogP contribution in [0.15, 0.2) is 78.9 Å². The van der Waals surface area contributed by atoms with E-state index in [2.05, 4.69) is 10.0 Å². The molecule has 0 bridgehead atoms.